The Bertz CT molecular complexity index is 289. The lowest BCUT2D eigenvalue weighted by atomic mass is 9.70. The van der Waals surface area contributed by atoms with Gasteiger partial charge in [0.15, 0.2) is 0 Å². The lowest BCUT2D eigenvalue weighted by molar-refractivity contribution is -0.136. The van der Waals surface area contributed by atoms with Gasteiger partial charge in [0.05, 0.1) is 6.42 Å². The summed E-state index contributed by atoms with van der Waals surface area (Å²) in [4.78, 5) is 10.7. The molecule has 1 aliphatic carbocycles. The molecule has 0 aromatic carbocycles. The predicted octanol–water partition coefficient (Wildman–Crippen LogP) is 3.15. The van der Waals surface area contributed by atoms with Crippen molar-refractivity contribution in [2.75, 3.05) is 0 Å². The summed E-state index contributed by atoms with van der Waals surface area (Å²) in [6.07, 6.45) is 5.25. The Kier molecular flexibility index (Phi) is 3.14. The van der Waals surface area contributed by atoms with E-state index in [1.807, 2.05) is 13.0 Å². The fraction of sp³-hybridized carbons (Fsp3) is 0.583. The van der Waals surface area contributed by atoms with Gasteiger partial charge in [-0.25, -0.2) is 0 Å². The lowest BCUT2D eigenvalue weighted by Crippen LogP contribution is -2.23. The van der Waals surface area contributed by atoms with Gasteiger partial charge in [0.2, 0.25) is 0 Å². The molecule has 1 aliphatic rings. The number of hydrogen-bond acceptors (Lipinski definition) is 1. The van der Waals surface area contributed by atoms with Crippen LogP contribution in [0.2, 0.25) is 0 Å². The smallest absolute Gasteiger partial charge is 0.307 e. The summed E-state index contributed by atoms with van der Waals surface area (Å²) < 4.78 is 0. The number of aliphatic carboxylic acids is 1. The first-order valence-electron chi connectivity index (χ1n) is 5.04. The molecule has 1 rings (SSSR count). The van der Waals surface area contributed by atoms with E-state index in [1.54, 1.807) is 0 Å². The normalized spacial score (nSPS) is 27.6. The second-order valence-corrected chi connectivity index (χ2v) is 4.30. The highest BCUT2D eigenvalue weighted by Crippen LogP contribution is 2.42. The van der Waals surface area contributed by atoms with E-state index in [1.165, 1.54) is 5.57 Å². The lowest BCUT2D eigenvalue weighted by Gasteiger charge is -2.34. The molecule has 0 bridgehead atoms. The van der Waals surface area contributed by atoms with E-state index in [4.69, 9.17) is 5.11 Å². The molecule has 0 aromatic rings. The summed E-state index contributed by atoms with van der Waals surface area (Å²) in [6.45, 7) is 7.95. The van der Waals surface area contributed by atoms with Crippen molar-refractivity contribution in [1.29, 1.82) is 0 Å². The van der Waals surface area contributed by atoms with Crippen molar-refractivity contribution < 1.29 is 9.90 Å². The highest BCUT2D eigenvalue weighted by atomic mass is 16.4. The first-order chi connectivity index (χ1) is 6.49. The first kappa shape index (κ1) is 11.0. The number of hydrogen-bond donors (Lipinski definition) is 1. The van der Waals surface area contributed by atoms with Gasteiger partial charge in [0.1, 0.15) is 0 Å². The van der Waals surface area contributed by atoms with Gasteiger partial charge < -0.3 is 5.11 Å². The molecule has 2 heteroatoms. The SMILES string of the molecule is C=C[C@]1(C)CCCC(C)=C1CC(=O)O. The molecule has 0 aliphatic heterocycles. The van der Waals surface area contributed by atoms with Crippen molar-refractivity contribution in [1.82, 2.24) is 0 Å². The Morgan fingerprint density at radius 2 is 2.36 bits per heavy atom. The number of allylic oxidation sites excluding steroid dienone is 2. The third-order valence-corrected chi connectivity index (χ3v) is 3.23. The third kappa shape index (κ3) is 2.06. The maximum Gasteiger partial charge on any atom is 0.307 e. The van der Waals surface area contributed by atoms with Gasteiger partial charge in [-0.2, -0.15) is 0 Å². The van der Waals surface area contributed by atoms with E-state index in [2.05, 4.69) is 13.5 Å². The van der Waals surface area contributed by atoms with Crippen LogP contribution < -0.4 is 0 Å². The van der Waals surface area contributed by atoms with Crippen molar-refractivity contribution in [2.24, 2.45) is 5.41 Å². The van der Waals surface area contributed by atoms with Crippen molar-refractivity contribution in [3.63, 3.8) is 0 Å². The molecule has 1 atom stereocenters. The van der Waals surface area contributed by atoms with E-state index in [0.29, 0.717) is 0 Å². The summed E-state index contributed by atoms with van der Waals surface area (Å²) in [5.41, 5.74) is 2.20. The Hall–Kier alpha value is -1.05. The molecular weight excluding hydrogens is 176 g/mol. The molecule has 0 fully saturated rings. The first-order valence-corrected chi connectivity index (χ1v) is 5.04. The molecule has 2 nitrogen and oxygen atoms in total. The maximum absolute atomic E-state index is 10.7. The number of carboxylic acids is 1. The summed E-state index contributed by atoms with van der Waals surface area (Å²) in [7, 11) is 0. The molecule has 0 unspecified atom stereocenters. The molecule has 0 saturated heterocycles. The van der Waals surface area contributed by atoms with E-state index < -0.39 is 5.97 Å². The average Bonchev–Trinajstić information content (AvgIpc) is 2.12. The van der Waals surface area contributed by atoms with Crippen molar-refractivity contribution in [2.45, 2.75) is 39.5 Å². The van der Waals surface area contributed by atoms with Gasteiger partial charge in [-0.3, -0.25) is 4.79 Å². The molecule has 0 heterocycles. The summed E-state index contributed by atoms with van der Waals surface area (Å²) in [5.74, 6) is -0.741. The fourth-order valence-corrected chi connectivity index (χ4v) is 2.24. The molecule has 14 heavy (non-hydrogen) atoms. The zero-order valence-corrected chi connectivity index (χ0v) is 8.97. The Morgan fingerprint density at radius 3 is 2.86 bits per heavy atom. The summed E-state index contributed by atoms with van der Waals surface area (Å²) in [5, 5.41) is 8.84. The Labute approximate surface area is 85.3 Å². The molecule has 0 amide bonds. The van der Waals surface area contributed by atoms with Crippen LogP contribution in [0, 0.1) is 5.41 Å². The van der Waals surface area contributed by atoms with Crippen LogP contribution in [0.25, 0.3) is 0 Å². The summed E-state index contributed by atoms with van der Waals surface area (Å²) >= 11 is 0. The van der Waals surface area contributed by atoms with Crippen LogP contribution in [-0.4, -0.2) is 11.1 Å². The van der Waals surface area contributed by atoms with Crippen LogP contribution in [0.3, 0.4) is 0 Å². The molecular formula is C12H18O2. The van der Waals surface area contributed by atoms with Gasteiger partial charge in [0, 0.05) is 5.41 Å². The van der Waals surface area contributed by atoms with Crippen LogP contribution in [0.15, 0.2) is 23.8 Å². The molecule has 0 spiro atoms. The largest absolute Gasteiger partial charge is 0.481 e. The van der Waals surface area contributed by atoms with Crippen LogP contribution in [0.4, 0.5) is 0 Å². The summed E-state index contributed by atoms with van der Waals surface area (Å²) in [6, 6.07) is 0. The van der Waals surface area contributed by atoms with Gasteiger partial charge in [-0.15, -0.1) is 6.58 Å². The van der Waals surface area contributed by atoms with Crippen molar-refractivity contribution >= 4 is 5.97 Å². The zero-order valence-electron chi connectivity index (χ0n) is 8.97. The van der Waals surface area contributed by atoms with Crippen molar-refractivity contribution in [3.8, 4) is 0 Å². The third-order valence-electron chi connectivity index (χ3n) is 3.23. The molecule has 0 radical (unpaired) electrons. The monoisotopic (exact) mass is 194 g/mol. The highest BCUT2D eigenvalue weighted by Gasteiger charge is 2.31. The van der Waals surface area contributed by atoms with Crippen LogP contribution in [-0.2, 0) is 4.79 Å². The predicted molar refractivity (Wildman–Crippen MR) is 57.1 cm³/mol. The second kappa shape index (κ2) is 3.99. The zero-order chi connectivity index (χ0) is 10.8. The average molecular weight is 194 g/mol. The number of carbonyl (C=O) groups is 1. The van der Waals surface area contributed by atoms with E-state index in [9.17, 15) is 4.79 Å². The van der Waals surface area contributed by atoms with Crippen molar-refractivity contribution in [3.05, 3.63) is 23.8 Å². The van der Waals surface area contributed by atoms with E-state index in [-0.39, 0.29) is 11.8 Å². The van der Waals surface area contributed by atoms with Gasteiger partial charge in [-0.05, 0) is 26.2 Å². The topological polar surface area (TPSA) is 37.3 Å². The minimum atomic E-state index is -0.741. The number of rotatable bonds is 3. The minimum Gasteiger partial charge on any atom is -0.481 e. The molecule has 1 N–H and O–H groups in total. The van der Waals surface area contributed by atoms with Crippen LogP contribution in [0.1, 0.15) is 39.5 Å². The van der Waals surface area contributed by atoms with Gasteiger partial charge in [0.25, 0.3) is 0 Å². The minimum absolute atomic E-state index is 0.0965. The fourth-order valence-electron chi connectivity index (χ4n) is 2.24. The second-order valence-electron chi connectivity index (χ2n) is 4.30. The highest BCUT2D eigenvalue weighted by molar-refractivity contribution is 5.71. The maximum atomic E-state index is 10.7. The Balaban J connectivity index is 3.02. The molecule has 0 aromatic heterocycles. The van der Waals surface area contributed by atoms with Crippen LogP contribution >= 0.6 is 0 Å². The standard InChI is InChI=1S/C12H18O2/c1-4-12(3)7-5-6-9(2)10(12)8-11(13)14/h4H,1,5-8H2,2-3H3,(H,13,14)/t12-/m1/s1. The molecule has 0 saturated carbocycles. The quantitative estimate of drug-likeness (QED) is 0.701. The van der Waals surface area contributed by atoms with Gasteiger partial charge >= 0.3 is 5.97 Å². The van der Waals surface area contributed by atoms with E-state index in [0.717, 1.165) is 24.8 Å². The van der Waals surface area contributed by atoms with E-state index >= 15 is 0 Å². The van der Waals surface area contributed by atoms with Gasteiger partial charge in [-0.1, -0.05) is 24.1 Å². The molecule has 78 valence electrons. The number of carboxylic acid groups (broad SMARTS) is 1. The Morgan fingerprint density at radius 1 is 1.71 bits per heavy atom. The van der Waals surface area contributed by atoms with Crippen LogP contribution in [0.5, 0.6) is 0 Å².